The van der Waals surface area contributed by atoms with Crippen molar-refractivity contribution in [3.05, 3.63) is 58.8 Å². The molecule has 0 fully saturated rings. The third kappa shape index (κ3) is 4.82. The molecule has 106 valence electrons. The van der Waals surface area contributed by atoms with E-state index in [1.807, 2.05) is 12.1 Å². The summed E-state index contributed by atoms with van der Waals surface area (Å²) in [5.41, 5.74) is 3.89. The van der Waals surface area contributed by atoms with Crippen LogP contribution in [0.3, 0.4) is 0 Å². The SMILES string of the molecule is C=C/C(=C/C=C\c1ccnc(=C/Cl)/c1=C\CCC)CC. The van der Waals surface area contributed by atoms with Crippen LogP contribution in [0.25, 0.3) is 17.7 Å². The molecule has 1 heterocycles. The van der Waals surface area contributed by atoms with Crippen LogP contribution in [0.4, 0.5) is 0 Å². The van der Waals surface area contributed by atoms with Gasteiger partial charge in [-0.3, -0.25) is 4.98 Å². The van der Waals surface area contributed by atoms with Crippen molar-refractivity contribution in [3.8, 4) is 0 Å². The molecule has 0 N–H and O–H groups in total. The number of rotatable bonds is 6. The fraction of sp³-hybridized carbons (Fsp3) is 0.278. The van der Waals surface area contributed by atoms with Crippen molar-refractivity contribution >= 4 is 29.3 Å². The fourth-order valence-electron chi connectivity index (χ4n) is 1.85. The number of halogens is 1. The predicted molar refractivity (Wildman–Crippen MR) is 90.8 cm³/mol. The van der Waals surface area contributed by atoms with Gasteiger partial charge in [0.1, 0.15) is 0 Å². The van der Waals surface area contributed by atoms with Gasteiger partial charge in [0.25, 0.3) is 0 Å². The van der Waals surface area contributed by atoms with Crippen LogP contribution in [0.1, 0.15) is 38.7 Å². The predicted octanol–water partition coefficient (Wildman–Crippen LogP) is 4.17. The molecule has 0 aliphatic heterocycles. The summed E-state index contributed by atoms with van der Waals surface area (Å²) < 4.78 is 0. The maximum Gasteiger partial charge on any atom is 0.0817 e. The first-order valence-electron chi connectivity index (χ1n) is 7.02. The molecule has 0 spiro atoms. The standard InChI is InChI=1S/C18H22ClN/c1-4-7-11-17-16(12-13-20-18(17)14-19)10-8-9-15(5-2)6-3/h5,8-14H,2,4,6-7H2,1,3H3/b10-8-,15-9-,17-11-,18-14+. The van der Waals surface area contributed by atoms with Crippen molar-refractivity contribution in [2.24, 2.45) is 0 Å². The lowest BCUT2D eigenvalue weighted by atomic mass is 10.1. The van der Waals surface area contributed by atoms with Gasteiger partial charge in [-0.25, -0.2) is 0 Å². The number of allylic oxidation sites excluding steroid dienone is 4. The van der Waals surface area contributed by atoms with E-state index in [1.165, 1.54) is 11.1 Å². The summed E-state index contributed by atoms with van der Waals surface area (Å²) >= 11 is 5.86. The lowest BCUT2D eigenvalue weighted by Gasteiger charge is -1.97. The molecule has 20 heavy (non-hydrogen) atoms. The number of hydrogen-bond donors (Lipinski definition) is 0. The Morgan fingerprint density at radius 2 is 2.20 bits per heavy atom. The molecule has 1 aromatic heterocycles. The van der Waals surface area contributed by atoms with Crippen molar-refractivity contribution in [1.82, 2.24) is 4.98 Å². The second-order valence-corrected chi connectivity index (χ2v) is 4.68. The molecule has 0 atom stereocenters. The molecule has 1 aromatic rings. The second kappa shape index (κ2) is 9.33. The minimum Gasteiger partial charge on any atom is -0.255 e. The molecule has 0 radical (unpaired) electrons. The number of unbranched alkanes of at least 4 members (excludes halogenated alkanes) is 1. The Morgan fingerprint density at radius 3 is 2.80 bits per heavy atom. The van der Waals surface area contributed by atoms with E-state index in [0.29, 0.717) is 0 Å². The summed E-state index contributed by atoms with van der Waals surface area (Å²) in [4.78, 5) is 4.30. The molecule has 0 aromatic carbocycles. The molecule has 1 rings (SSSR count). The molecular formula is C18H22ClN. The topological polar surface area (TPSA) is 12.9 Å². The van der Waals surface area contributed by atoms with E-state index >= 15 is 0 Å². The molecule has 0 bridgehead atoms. The zero-order valence-corrected chi connectivity index (χ0v) is 13.0. The van der Waals surface area contributed by atoms with E-state index in [4.69, 9.17) is 11.6 Å². The summed E-state index contributed by atoms with van der Waals surface area (Å²) in [5.74, 6) is 0. The molecule has 0 saturated carbocycles. The van der Waals surface area contributed by atoms with Gasteiger partial charge in [-0.1, -0.05) is 68.8 Å². The molecule has 0 aliphatic carbocycles. The van der Waals surface area contributed by atoms with E-state index in [-0.39, 0.29) is 0 Å². The van der Waals surface area contributed by atoms with Gasteiger partial charge in [-0.2, -0.15) is 0 Å². The molecule has 1 nitrogen and oxygen atoms in total. The minimum absolute atomic E-state index is 0.825. The van der Waals surface area contributed by atoms with Crippen LogP contribution in [0, 0.1) is 0 Å². The largest absolute Gasteiger partial charge is 0.255 e. The van der Waals surface area contributed by atoms with Crippen molar-refractivity contribution < 1.29 is 0 Å². The van der Waals surface area contributed by atoms with Gasteiger partial charge in [-0.05, 0) is 30.0 Å². The van der Waals surface area contributed by atoms with Crippen LogP contribution >= 0.6 is 11.6 Å². The van der Waals surface area contributed by atoms with Gasteiger partial charge >= 0.3 is 0 Å². The van der Waals surface area contributed by atoms with E-state index in [9.17, 15) is 0 Å². The van der Waals surface area contributed by atoms with Gasteiger partial charge in [0.05, 0.1) is 5.35 Å². The summed E-state index contributed by atoms with van der Waals surface area (Å²) in [6.45, 7) is 8.08. The molecule has 0 aliphatic rings. The fourth-order valence-corrected chi connectivity index (χ4v) is 2.03. The van der Waals surface area contributed by atoms with Crippen LogP contribution < -0.4 is 10.6 Å². The Bertz CT molecular complexity index is 609. The third-order valence-electron chi connectivity index (χ3n) is 3.05. The molecule has 0 saturated heterocycles. The summed E-state index contributed by atoms with van der Waals surface area (Å²) in [6.07, 6.45) is 15.2. The monoisotopic (exact) mass is 287 g/mol. The lowest BCUT2D eigenvalue weighted by Crippen LogP contribution is -2.29. The first-order chi connectivity index (χ1) is 9.76. The summed E-state index contributed by atoms with van der Waals surface area (Å²) in [7, 11) is 0. The highest BCUT2D eigenvalue weighted by atomic mass is 35.5. The lowest BCUT2D eigenvalue weighted by molar-refractivity contribution is 0.989. The van der Waals surface area contributed by atoms with E-state index in [2.05, 4.69) is 49.7 Å². The van der Waals surface area contributed by atoms with Crippen LogP contribution in [0.5, 0.6) is 0 Å². The van der Waals surface area contributed by atoms with Gasteiger partial charge < -0.3 is 0 Å². The first kappa shape index (κ1) is 16.5. The minimum atomic E-state index is 0.825. The van der Waals surface area contributed by atoms with Crippen molar-refractivity contribution in [1.29, 1.82) is 0 Å². The smallest absolute Gasteiger partial charge is 0.0817 e. The third-order valence-corrected chi connectivity index (χ3v) is 3.26. The van der Waals surface area contributed by atoms with E-state index < -0.39 is 0 Å². The van der Waals surface area contributed by atoms with Crippen LogP contribution in [0.2, 0.25) is 0 Å². The number of hydrogen-bond acceptors (Lipinski definition) is 1. The molecule has 0 unspecified atom stereocenters. The van der Waals surface area contributed by atoms with Crippen molar-refractivity contribution in [2.45, 2.75) is 33.1 Å². The van der Waals surface area contributed by atoms with Gasteiger partial charge in [0.2, 0.25) is 0 Å². The maximum absolute atomic E-state index is 5.86. The Balaban J connectivity index is 3.22. The van der Waals surface area contributed by atoms with E-state index in [1.54, 1.807) is 6.20 Å². The second-order valence-electron chi connectivity index (χ2n) is 4.46. The zero-order chi connectivity index (χ0) is 14.8. The summed E-state index contributed by atoms with van der Waals surface area (Å²) in [6, 6.07) is 2.01. The van der Waals surface area contributed by atoms with Gasteiger partial charge in [0.15, 0.2) is 0 Å². The first-order valence-corrected chi connectivity index (χ1v) is 7.45. The van der Waals surface area contributed by atoms with Crippen molar-refractivity contribution in [2.75, 3.05) is 0 Å². The van der Waals surface area contributed by atoms with Crippen LogP contribution in [-0.2, 0) is 0 Å². The Kier molecular flexibility index (Phi) is 7.67. The number of pyridine rings is 1. The molecular weight excluding hydrogens is 266 g/mol. The maximum atomic E-state index is 5.86. The van der Waals surface area contributed by atoms with E-state index in [0.717, 1.165) is 35.4 Å². The highest BCUT2D eigenvalue weighted by molar-refractivity contribution is 6.38. The van der Waals surface area contributed by atoms with Crippen LogP contribution in [-0.4, -0.2) is 4.98 Å². The summed E-state index contributed by atoms with van der Waals surface area (Å²) in [5, 5.41) is 1.93. The zero-order valence-electron chi connectivity index (χ0n) is 12.3. The quantitative estimate of drug-likeness (QED) is 0.716. The molecule has 2 heteroatoms. The highest BCUT2D eigenvalue weighted by Crippen LogP contribution is 2.02. The van der Waals surface area contributed by atoms with Crippen LogP contribution in [0.15, 0.2) is 42.6 Å². The average molecular weight is 288 g/mol. The Labute approximate surface area is 126 Å². The average Bonchev–Trinajstić information content (AvgIpc) is 2.49. The highest BCUT2D eigenvalue weighted by Gasteiger charge is 1.93. The van der Waals surface area contributed by atoms with Gasteiger partial charge in [-0.15, -0.1) is 0 Å². The number of nitrogens with zero attached hydrogens (tertiary/aromatic N) is 1. The molecule has 0 amide bonds. The Morgan fingerprint density at radius 1 is 1.40 bits per heavy atom. The number of aromatic nitrogens is 1. The Hall–Kier alpha value is -1.60. The van der Waals surface area contributed by atoms with Gasteiger partial charge in [0, 0.05) is 17.0 Å². The normalized spacial score (nSPS) is 14.2. The van der Waals surface area contributed by atoms with Crippen molar-refractivity contribution in [3.63, 3.8) is 0 Å².